The van der Waals surface area contributed by atoms with Crippen molar-refractivity contribution >= 4 is 40.5 Å². The molecule has 222 valence electrons. The number of carbonyl (C=O) groups excluding carboxylic acids is 1. The fourth-order valence-corrected chi connectivity index (χ4v) is 9.85. The zero-order valence-electron chi connectivity index (χ0n) is 25.0. The van der Waals surface area contributed by atoms with Crippen molar-refractivity contribution in [1.29, 1.82) is 0 Å². The summed E-state index contributed by atoms with van der Waals surface area (Å²) in [6.07, 6.45) is 0. The van der Waals surface area contributed by atoms with E-state index in [0.717, 1.165) is 26.9 Å². The van der Waals surface area contributed by atoms with Crippen molar-refractivity contribution in [1.82, 2.24) is 5.32 Å². The van der Waals surface area contributed by atoms with Crippen LogP contribution in [-0.4, -0.2) is 10.1 Å². The van der Waals surface area contributed by atoms with Gasteiger partial charge in [0.15, 0.2) is 0 Å². The number of amides is 1. The van der Waals surface area contributed by atoms with Crippen molar-refractivity contribution in [3.8, 4) is 0 Å². The monoisotopic (exact) mass is 623 g/mol. The molecular weight excluding hydrogens is 589 g/mol. The number of benzene rings is 6. The first-order valence-corrected chi connectivity index (χ1v) is 17.5. The van der Waals surface area contributed by atoms with Gasteiger partial charge in [-0.3, -0.25) is 9.00 Å². The second-order valence-electron chi connectivity index (χ2n) is 10.8. The smallest absolute Gasteiger partial charge is 0.252 e. The molecule has 0 aliphatic heterocycles. The average molecular weight is 624 g/mol. The molecule has 6 aromatic rings. The van der Waals surface area contributed by atoms with Gasteiger partial charge in [-0.15, -0.1) is 0 Å². The zero-order valence-corrected chi connectivity index (χ0v) is 26.7. The number of carbonyl (C=O) groups is 1. The van der Waals surface area contributed by atoms with Crippen LogP contribution < -0.4 is 21.2 Å². The van der Waals surface area contributed by atoms with E-state index in [9.17, 15) is 9.00 Å². The number of aryl methyl sites for hydroxylation is 1. The van der Waals surface area contributed by atoms with Gasteiger partial charge in [-0.2, -0.15) is 0 Å². The van der Waals surface area contributed by atoms with Crippen LogP contribution in [0.25, 0.3) is 0 Å². The first kappa shape index (κ1) is 30.4. The Morgan fingerprint density at radius 1 is 0.578 bits per heavy atom. The molecule has 1 amide bonds. The first-order valence-electron chi connectivity index (χ1n) is 15.0. The Morgan fingerprint density at radius 3 is 1.62 bits per heavy atom. The van der Waals surface area contributed by atoms with Crippen LogP contribution >= 0.6 is 7.92 Å². The second kappa shape index (κ2) is 14.4. The summed E-state index contributed by atoms with van der Waals surface area (Å²) < 4.78 is 14.6. The highest BCUT2D eigenvalue weighted by molar-refractivity contribution is 7.85. The maximum atomic E-state index is 14.6. The molecule has 45 heavy (non-hydrogen) atoms. The van der Waals surface area contributed by atoms with Crippen LogP contribution in [0.2, 0.25) is 0 Å². The quantitative estimate of drug-likeness (QED) is 0.159. The summed E-state index contributed by atoms with van der Waals surface area (Å²) in [5.41, 5.74) is 3.37. The van der Waals surface area contributed by atoms with Crippen molar-refractivity contribution in [2.24, 2.45) is 0 Å². The van der Waals surface area contributed by atoms with Gasteiger partial charge in [0.05, 0.1) is 22.1 Å². The third kappa shape index (κ3) is 6.88. The Hall–Kier alpha value is -4.63. The first-order chi connectivity index (χ1) is 22.1. The molecule has 2 unspecified atom stereocenters. The van der Waals surface area contributed by atoms with E-state index >= 15 is 0 Å². The largest absolute Gasteiger partial charge is 0.344 e. The number of hydrogen-bond donors (Lipinski definition) is 1. The summed E-state index contributed by atoms with van der Waals surface area (Å²) in [7, 11) is -2.48. The molecule has 0 heterocycles. The lowest BCUT2D eigenvalue weighted by atomic mass is 9.97. The van der Waals surface area contributed by atoms with Gasteiger partial charge in [0.25, 0.3) is 5.91 Å². The minimum Gasteiger partial charge on any atom is -0.344 e. The molecule has 0 saturated heterocycles. The molecule has 0 spiro atoms. The molecule has 3 nitrogen and oxygen atoms in total. The van der Waals surface area contributed by atoms with Crippen molar-refractivity contribution in [3.05, 3.63) is 192 Å². The molecular formula is C40H34NO2PS. The Morgan fingerprint density at radius 2 is 1.04 bits per heavy atom. The highest BCUT2D eigenvalue weighted by Gasteiger charge is 2.34. The zero-order chi connectivity index (χ0) is 31.0. The minimum absolute atomic E-state index is 0.193. The maximum absolute atomic E-state index is 14.6. The molecule has 5 heteroatoms. The van der Waals surface area contributed by atoms with E-state index in [1.807, 2.05) is 146 Å². The summed E-state index contributed by atoms with van der Waals surface area (Å²) >= 11 is 0. The van der Waals surface area contributed by atoms with Crippen molar-refractivity contribution in [2.45, 2.75) is 23.1 Å². The van der Waals surface area contributed by atoms with Crippen LogP contribution in [0.3, 0.4) is 0 Å². The molecule has 0 bridgehead atoms. The Bertz CT molecular complexity index is 1840. The maximum Gasteiger partial charge on any atom is 0.252 e. The second-order valence-corrected chi connectivity index (χ2v) is 14.5. The normalized spacial score (nSPS) is 13.1. The molecule has 6 aromatic carbocycles. The fourth-order valence-electron chi connectivity index (χ4n) is 5.66. The van der Waals surface area contributed by atoms with Gasteiger partial charge in [0.2, 0.25) is 0 Å². The lowest BCUT2D eigenvalue weighted by Crippen LogP contribution is -2.37. The van der Waals surface area contributed by atoms with Crippen LogP contribution in [0.4, 0.5) is 0 Å². The Labute approximate surface area is 269 Å². The third-order valence-corrected chi connectivity index (χ3v) is 12.2. The average Bonchev–Trinajstić information content (AvgIpc) is 3.10. The minimum atomic E-state index is -1.47. The molecule has 0 aliphatic carbocycles. The van der Waals surface area contributed by atoms with Crippen LogP contribution in [0, 0.1) is 6.92 Å². The van der Waals surface area contributed by atoms with E-state index in [0.29, 0.717) is 5.56 Å². The summed E-state index contributed by atoms with van der Waals surface area (Å²) in [5.74, 6) is -0.193. The Kier molecular flexibility index (Phi) is 9.75. The Balaban J connectivity index is 1.46. The van der Waals surface area contributed by atoms with E-state index in [4.69, 9.17) is 0 Å². The van der Waals surface area contributed by atoms with Gasteiger partial charge in [-0.05, 0) is 59.6 Å². The summed E-state index contributed by atoms with van der Waals surface area (Å²) in [4.78, 5) is 15.3. The SMILES string of the molecule is Cc1ccccc1[S@](=O)C(c1ccccc1)C(NC(=O)c1ccccc1P(c1ccccc1)c1ccccc1)c1ccccc1. The molecule has 0 aromatic heterocycles. The van der Waals surface area contributed by atoms with Gasteiger partial charge in [0.1, 0.15) is 0 Å². The molecule has 6 rings (SSSR count). The van der Waals surface area contributed by atoms with Gasteiger partial charge in [0, 0.05) is 10.5 Å². The van der Waals surface area contributed by atoms with Crippen LogP contribution in [0.1, 0.15) is 38.3 Å². The lowest BCUT2D eigenvalue weighted by molar-refractivity contribution is 0.0937. The summed E-state index contributed by atoms with van der Waals surface area (Å²) in [6.45, 7) is 1.98. The van der Waals surface area contributed by atoms with E-state index in [2.05, 4.69) is 35.6 Å². The predicted octanol–water partition coefficient (Wildman–Crippen LogP) is 7.77. The van der Waals surface area contributed by atoms with Gasteiger partial charge >= 0.3 is 0 Å². The summed E-state index contributed by atoms with van der Waals surface area (Å²) in [6, 6.07) is 55.7. The molecule has 0 radical (unpaired) electrons. The van der Waals surface area contributed by atoms with E-state index in [1.54, 1.807) is 0 Å². The topological polar surface area (TPSA) is 46.2 Å². The number of hydrogen-bond acceptors (Lipinski definition) is 2. The molecule has 0 saturated carbocycles. The van der Waals surface area contributed by atoms with Gasteiger partial charge in [-0.25, -0.2) is 0 Å². The molecule has 0 aliphatic rings. The standard InChI is InChI=1S/C40H34NO2PS/c1-30-18-14-17-29-37(30)45(43)39(32-21-8-3-9-22-32)38(31-19-6-2-7-20-31)41-40(42)35-27-15-16-28-36(35)44(33-23-10-4-11-24-33)34-25-12-5-13-26-34/h2-29,38-39H,1H3,(H,41,42)/t38?,39?,45-/m0/s1. The molecule has 3 atom stereocenters. The van der Waals surface area contributed by atoms with Gasteiger partial charge < -0.3 is 5.32 Å². The molecule has 1 N–H and O–H groups in total. The van der Waals surface area contributed by atoms with Gasteiger partial charge in [-0.1, -0.05) is 158 Å². The number of rotatable bonds is 10. The fraction of sp³-hybridized carbons (Fsp3) is 0.0750. The summed E-state index contributed by atoms with van der Waals surface area (Å²) in [5, 5.41) is 6.18. The predicted molar refractivity (Wildman–Crippen MR) is 189 cm³/mol. The van der Waals surface area contributed by atoms with E-state index in [1.165, 1.54) is 10.6 Å². The van der Waals surface area contributed by atoms with Crippen LogP contribution in [0.5, 0.6) is 0 Å². The van der Waals surface area contributed by atoms with E-state index < -0.39 is 30.0 Å². The van der Waals surface area contributed by atoms with Crippen LogP contribution in [0.15, 0.2) is 175 Å². The third-order valence-electron chi connectivity index (χ3n) is 7.84. The molecule has 0 fully saturated rings. The van der Waals surface area contributed by atoms with Crippen molar-refractivity contribution in [3.63, 3.8) is 0 Å². The number of nitrogens with one attached hydrogen (secondary N) is 1. The van der Waals surface area contributed by atoms with Crippen molar-refractivity contribution < 1.29 is 9.00 Å². The van der Waals surface area contributed by atoms with E-state index in [-0.39, 0.29) is 5.91 Å². The lowest BCUT2D eigenvalue weighted by Gasteiger charge is -2.30. The van der Waals surface area contributed by atoms with Crippen molar-refractivity contribution in [2.75, 3.05) is 0 Å². The highest BCUT2D eigenvalue weighted by Crippen LogP contribution is 2.39. The highest BCUT2D eigenvalue weighted by atomic mass is 32.2. The van der Waals surface area contributed by atoms with Crippen LogP contribution in [-0.2, 0) is 10.8 Å².